The van der Waals surface area contributed by atoms with Crippen molar-refractivity contribution in [1.29, 1.82) is 0 Å². The summed E-state index contributed by atoms with van der Waals surface area (Å²) in [5, 5.41) is 4.04. The van der Waals surface area contributed by atoms with Crippen LogP contribution in [0.25, 0.3) is 10.9 Å². The van der Waals surface area contributed by atoms with Gasteiger partial charge in [0.2, 0.25) is 5.91 Å². The minimum Gasteiger partial charge on any atom is -0.348 e. The quantitative estimate of drug-likeness (QED) is 0.925. The number of carbonyl (C=O) groups is 2. The molecule has 1 saturated carbocycles. The molecule has 4 rings (SSSR count). The lowest BCUT2D eigenvalue weighted by Gasteiger charge is -2.33. The molecular weight excluding hydrogens is 326 g/mol. The highest BCUT2D eigenvalue weighted by molar-refractivity contribution is 6.06. The molecule has 2 heterocycles. The topological polar surface area (TPSA) is 62.3 Å². The average molecular weight is 351 g/mol. The third-order valence-electron chi connectivity index (χ3n) is 5.33. The van der Waals surface area contributed by atoms with Crippen LogP contribution < -0.4 is 5.32 Å². The van der Waals surface area contributed by atoms with E-state index in [2.05, 4.69) is 10.3 Å². The lowest BCUT2D eigenvalue weighted by molar-refractivity contribution is -0.133. The number of fused-ring (bicyclic) bond motifs is 1. The zero-order chi connectivity index (χ0) is 18.3. The van der Waals surface area contributed by atoms with Gasteiger partial charge in [0.25, 0.3) is 5.91 Å². The molecule has 1 saturated heterocycles. The molecular formula is C21H25N3O2. The van der Waals surface area contributed by atoms with Gasteiger partial charge in [0.1, 0.15) is 0 Å². The highest BCUT2D eigenvalue weighted by atomic mass is 16.2. The minimum atomic E-state index is -0.0724. The first kappa shape index (κ1) is 17.0. The highest BCUT2D eigenvalue weighted by Crippen LogP contribution is 2.32. The number of aromatic nitrogens is 1. The van der Waals surface area contributed by atoms with Crippen molar-refractivity contribution in [1.82, 2.24) is 15.2 Å². The van der Waals surface area contributed by atoms with E-state index in [9.17, 15) is 9.59 Å². The maximum absolute atomic E-state index is 13.0. The maximum atomic E-state index is 13.0. The Morgan fingerprint density at radius 1 is 1.15 bits per heavy atom. The number of nitrogens with zero attached hydrogens (tertiary/aromatic N) is 2. The first-order valence-electron chi connectivity index (χ1n) is 9.49. The summed E-state index contributed by atoms with van der Waals surface area (Å²) in [6, 6.07) is 7.87. The zero-order valence-electron chi connectivity index (χ0n) is 15.4. The van der Waals surface area contributed by atoms with Crippen LogP contribution in [0.15, 0.2) is 24.3 Å². The lowest BCUT2D eigenvalue weighted by Crippen LogP contribution is -2.50. The third-order valence-corrected chi connectivity index (χ3v) is 5.33. The van der Waals surface area contributed by atoms with E-state index in [0.29, 0.717) is 12.1 Å². The molecule has 0 unspecified atom stereocenters. The number of hydrogen-bond acceptors (Lipinski definition) is 3. The number of pyridine rings is 1. The van der Waals surface area contributed by atoms with Crippen LogP contribution in [-0.4, -0.2) is 40.8 Å². The van der Waals surface area contributed by atoms with E-state index in [1.54, 1.807) is 0 Å². The van der Waals surface area contributed by atoms with Gasteiger partial charge in [-0.05, 0) is 57.7 Å². The molecule has 1 aliphatic carbocycles. The molecule has 0 spiro atoms. The molecule has 2 aliphatic rings. The van der Waals surface area contributed by atoms with Gasteiger partial charge in [0.15, 0.2) is 0 Å². The summed E-state index contributed by atoms with van der Waals surface area (Å²) >= 11 is 0. The van der Waals surface area contributed by atoms with Crippen LogP contribution in [0.5, 0.6) is 0 Å². The van der Waals surface area contributed by atoms with Crippen molar-refractivity contribution in [3.63, 3.8) is 0 Å². The molecule has 1 aromatic carbocycles. The summed E-state index contributed by atoms with van der Waals surface area (Å²) in [7, 11) is 0. The van der Waals surface area contributed by atoms with Crippen LogP contribution in [0.3, 0.4) is 0 Å². The van der Waals surface area contributed by atoms with Gasteiger partial charge in [-0.2, -0.15) is 0 Å². The number of amides is 2. The third kappa shape index (κ3) is 3.43. The van der Waals surface area contributed by atoms with Gasteiger partial charge in [0.05, 0.1) is 11.1 Å². The number of rotatable bonds is 3. The monoisotopic (exact) mass is 351 g/mol. The fraction of sp³-hybridized carbons (Fsp3) is 0.476. The number of benzene rings is 1. The maximum Gasteiger partial charge on any atom is 0.252 e. The fourth-order valence-corrected chi connectivity index (χ4v) is 3.81. The van der Waals surface area contributed by atoms with E-state index in [-0.39, 0.29) is 23.8 Å². The summed E-state index contributed by atoms with van der Waals surface area (Å²) in [6.07, 6.45) is 3.90. The molecule has 0 bridgehead atoms. The number of hydrogen-bond donors (Lipinski definition) is 1. The second-order valence-corrected chi connectivity index (χ2v) is 7.70. The summed E-state index contributed by atoms with van der Waals surface area (Å²) in [5.74, 6) is 0.431. The van der Waals surface area contributed by atoms with E-state index in [4.69, 9.17) is 0 Å². The molecule has 2 fully saturated rings. The SMILES string of the molecule is Cc1ccc2nc(C)cc(C(=O)N[C@@H]3CCCN(C(=O)C4CC4)C3)c2c1. The Balaban J connectivity index is 1.53. The van der Waals surface area contributed by atoms with Crippen molar-refractivity contribution in [2.45, 2.75) is 45.6 Å². The second kappa shape index (κ2) is 6.71. The predicted octanol–water partition coefficient (Wildman–Crippen LogP) is 2.98. The molecule has 5 nitrogen and oxygen atoms in total. The molecule has 26 heavy (non-hydrogen) atoms. The van der Waals surface area contributed by atoms with E-state index in [0.717, 1.165) is 54.4 Å². The van der Waals surface area contributed by atoms with Crippen LogP contribution in [0.1, 0.15) is 47.3 Å². The Morgan fingerprint density at radius 2 is 1.96 bits per heavy atom. The van der Waals surface area contributed by atoms with Gasteiger partial charge >= 0.3 is 0 Å². The average Bonchev–Trinajstić information content (AvgIpc) is 3.46. The van der Waals surface area contributed by atoms with E-state index in [1.165, 1.54) is 0 Å². The number of carbonyl (C=O) groups excluding carboxylic acids is 2. The smallest absolute Gasteiger partial charge is 0.252 e. The molecule has 1 atom stereocenters. The van der Waals surface area contributed by atoms with Crippen molar-refractivity contribution >= 4 is 22.7 Å². The summed E-state index contributed by atoms with van der Waals surface area (Å²) < 4.78 is 0. The first-order chi connectivity index (χ1) is 12.5. The molecule has 1 aliphatic heterocycles. The number of likely N-dealkylation sites (tertiary alicyclic amines) is 1. The van der Waals surface area contributed by atoms with Gasteiger partial charge in [0, 0.05) is 36.1 Å². The van der Waals surface area contributed by atoms with Gasteiger partial charge in [-0.25, -0.2) is 0 Å². The summed E-state index contributed by atoms with van der Waals surface area (Å²) in [5.41, 5.74) is 3.45. The molecule has 1 aromatic heterocycles. The number of nitrogens with one attached hydrogen (secondary N) is 1. The molecule has 5 heteroatoms. The van der Waals surface area contributed by atoms with Crippen molar-refractivity contribution in [2.24, 2.45) is 5.92 Å². The van der Waals surface area contributed by atoms with Crippen LogP contribution in [0, 0.1) is 19.8 Å². The Labute approximate surface area is 153 Å². The zero-order valence-corrected chi connectivity index (χ0v) is 15.4. The van der Waals surface area contributed by atoms with Crippen molar-refractivity contribution < 1.29 is 9.59 Å². The van der Waals surface area contributed by atoms with E-state index >= 15 is 0 Å². The van der Waals surface area contributed by atoms with E-state index < -0.39 is 0 Å². The van der Waals surface area contributed by atoms with Crippen LogP contribution in [0.4, 0.5) is 0 Å². The molecule has 0 radical (unpaired) electrons. The van der Waals surface area contributed by atoms with Crippen molar-refractivity contribution in [3.8, 4) is 0 Å². The van der Waals surface area contributed by atoms with Crippen LogP contribution >= 0.6 is 0 Å². The fourth-order valence-electron chi connectivity index (χ4n) is 3.81. The standard InChI is InChI=1S/C21H25N3O2/c1-13-5-8-19-17(10-13)18(11-14(2)22-19)20(25)23-16-4-3-9-24(12-16)21(26)15-6-7-15/h5,8,10-11,15-16H,3-4,6-7,9,12H2,1-2H3,(H,23,25)/t16-/m1/s1. The Kier molecular flexibility index (Phi) is 4.39. The van der Waals surface area contributed by atoms with Gasteiger partial charge in [-0.1, -0.05) is 11.6 Å². The van der Waals surface area contributed by atoms with Gasteiger partial charge < -0.3 is 10.2 Å². The second-order valence-electron chi connectivity index (χ2n) is 7.70. The lowest BCUT2D eigenvalue weighted by atomic mass is 10.0. The van der Waals surface area contributed by atoms with Gasteiger partial charge in [-0.3, -0.25) is 14.6 Å². The highest BCUT2D eigenvalue weighted by Gasteiger charge is 2.35. The van der Waals surface area contributed by atoms with E-state index in [1.807, 2.05) is 43.0 Å². The minimum absolute atomic E-state index is 0.0206. The van der Waals surface area contributed by atoms with Crippen molar-refractivity contribution in [3.05, 3.63) is 41.1 Å². The van der Waals surface area contributed by atoms with Gasteiger partial charge in [-0.15, -0.1) is 0 Å². The molecule has 2 aromatic rings. The van der Waals surface area contributed by atoms with Crippen LogP contribution in [0.2, 0.25) is 0 Å². The summed E-state index contributed by atoms with van der Waals surface area (Å²) in [4.78, 5) is 31.8. The Bertz CT molecular complexity index is 873. The summed E-state index contributed by atoms with van der Waals surface area (Å²) in [6.45, 7) is 5.37. The molecule has 2 amide bonds. The first-order valence-corrected chi connectivity index (χ1v) is 9.49. The van der Waals surface area contributed by atoms with Crippen molar-refractivity contribution in [2.75, 3.05) is 13.1 Å². The number of piperidine rings is 1. The predicted molar refractivity (Wildman–Crippen MR) is 101 cm³/mol. The Hall–Kier alpha value is -2.43. The molecule has 136 valence electrons. The number of aryl methyl sites for hydroxylation is 2. The molecule has 1 N–H and O–H groups in total. The normalized spacial score (nSPS) is 20.2. The Morgan fingerprint density at radius 3 is 2.73 bits per heavy atom. The van der Waals surface area contributed by atoms with Crippen LogP contribution in [-0.2, 0) is 4.79 Å². The largest absolute Gasteiger partial charge is 0.348 e.